The average molecular weight is 641 g/mol. The lowest BCUT2D eigenvalue weighted by Crippen LogP contribution is -2.41. The van der Waals surface area contributed by atoms with Crippen molar-refractivity contribution in [2.75, 3.05) is 18.0 Å². The Labute approximate surface area is 275 Å². The summed E-state index contributed by atoms with van der Waals surface area (Å²) < 4.78 is 5.74. The number of carbonyl (C=O) groups is 2. The van der Waals surface area contributed by atoms with Crippen LogP contribution < -0.4 is 15.8 Å². The molecule has 3 rings (SSSR count). The van der Waals surface area contributed by atoms with E-state index in [1.807, 2.05) is 30.3 Å². The summed E-state index contributed by atoms with van der Waals surface area (Å²) in [4.78, 5) is 47.4. The summed E-state index contributed by atoms with van der Waals surface area (Å²) in [6.07, 6.45) is 14.2. The molecule has 2 N–H and O–H groups in total. The van der Waals surface area contributed by atoms with Crippen LogP contribution in [-0.2, 0) is 0 Å². The molecule has 0 aliphatic carbocycles. The van der Waals surface area contributed by atoms with Crippen molar-refractivity contribution in [3.05, 3.63) is 69.3 Å². The molecule has 3 aromatic rings. The van der Waals surface area contributed by atoms with Crippen LogP contribution in [0, 0.1) is 29.6 Å². The van der Waals surface area contributed by atoms with Crippen molar-refractivity contribution in [2.24, 2.45) is 4.99 Å². The van der Waals surface area contributed by atoms with E-state index in [4.69, 9.17) is 4.42 Å². The van der Waals surface area contributed by atoms with Crippen molar-refractivity contribution < 1.29 is 19.1 Å². The van der Waals surface area contributed by atoms with Crippen LogP contribution >= 0.6 is 0 Å². The first-order valence-electron chi connectivity index (χ1n) is 16.4. The number of carboxylic acid groups (broad SMARTS) is 1. The van der Waals surface area contributed by atoms with E-state index in [0.717, 1.165) is 49.3 Å². The van der Waals surface area contributed by atoms with Gasteiger partial charge in [-0.3, -0.25) is 14.8 Å². The molecule has 2 unspecified atom stereocenters. The predicted octanol–water partition coefficient (Wildman–Crippen LogP) is 6.58. The van der Waals surface area contributed by atoms with Gasteiger partial charge >= 0.3 is 11.6 Å². The number of aliphatic imine (C=N–C) groups is 1. The van der Waals surface area contributed by atoms with Crippen molar-refractivity contribution in [2.45, 2.75) is 97.1 Å². The lowest BCUT2D eigenvalue weighted by molar-refractivity contribution is 0.0696. The van der Waals surface area contributed by atoms with E-state index in [0.29, 0.717) is 11.1 Å². The van der Waals surface area contributed by atoms with Gasteiger partial charge in [0.05, 0.1) is 23.3 Å². The molecular weight excluding hydrogens is 596 g/mol. The number of anilines is 1. The lowest BCUT2D eigenvalue weighted by Gasteiger charge is -2.25. The van der Waals surface area contributed by atoms with E-state index in [-0.39, 0.29) is 16.8 Å². The Morgan fingerprint density at radius 3 is 2.26 bits per heavy atom. The van der Waals surface area contributed by atoms with Gasteiger partial charge < -0.3 is 19.7 Å². The summed E-state index contributed by atoms with van der Waals surface area (Å²) in [6.45, 7) is 8.06. The van der Waals surface area contributed by atoms with Gasteiger partial charge in [0.1, 0.15) is 11.3 Å². The zero-order chi connectivity index (χ0) is 34.2. The predicted molar refractivity (Wildman–Crippen MR) is 182 cm³/mol. The Morgan fingerprint density at radius 2 is 1.66 bits per heavy atom. The van der Waals surface area contributed by atoms with Crippen LogP contribution in [0.15, 0.2) is 50.7 Å². The maximum Gasteiger partial charge on any atom is 0.345 e. The molecule has 0 fully saturated rings. The fraction of sp³-hybridized carbons (Fsp3) is 0.472. The molecule has 0 aliphatic heterocycles. The highest BCUT2D eigenvalue weighted by molar-refractivity contribution is 5.96. The van der Waals surface area contributed by atoms with Crippen LogP contribution in [0.25, 0.3) is 11.0 Å². The summed E-state index contributed by atoms with van der Waals surface area (Å²) in [5.41, 5.74) is 1.19. The number of nitriles is 2. The van der Waals surface area contributed by atoms with Gasteiger partial charge in [0, 0.05) is 42.6 Å². The summed E-state index contributed by atoms with van der Waals surface area (Å²) in [5.74, 6) is -2.09. The fourth-order valence-electron chi connectivity index (χ4n) is 5.32. The van der Waals surface area contributed by atoms with Crippen LogP contribution in [0.2, 0.25) is 0 Å². The number of hydrogen-bond acceptors (Lipinski definition) is 9. The number of aromatic carboxylic acids is 1. The third-order valence-electron chi connectivity index (χ3n) is 8.10. The maximum absolute atomic E-state index is 13.1. The van der Waals surface area contributed by atoms with Crippen molar-refractivity contribution >= 4 is 34.7 Å². The number of unbranched alkanes of at least 4 members (excludes halogenated alkanes) is 8. The van der Waals surface area contributed by atoms with E-state index in [1.165, 1.54) is 63.6 Å². The summed E-state index contributed by atoms with van der Waals surface area (Å²) >= 11 is 0. The molecule has 0 aliphatic rings. The third-order valence-corrected chi connectivity index (χ3v) is 8.10. The second-order valence-electron chi connectivity index (χ2n) is 11.6. The van der Waals surface area contributed by atoms with Gasteiger partial charge in [0.15, 0.2) is 12.1 Å². The number of amides is 1. The highest BCUT2D eigenvalue weighted by Gasteiger charge is 2.24. The molecule has 248 valence electrons. The number of aromatic nitrogens is 1. The number of aryl methyl sites for hydroxylation is 1. The summed E-state index contributed by atoms with van der Waals surface area (Å²) in [5, 5.41) is 31.7. The Kier molecular flexibility index (Phi) is 14.6. The van der Waals surface area contributed by atoms with Gasteiger partial charge in [-0.05, 0) is 49.6 Å². The molecule has 2 heterocycles. The molecule has 2 atom stereocenters. The number of nitrogens with one attached hydrogen (secondary N) is 1. The number of hydrogen-bond donors (Lipinski definition) is 2. The maximum atomic E-state index is 13.1. The molecule has 1 aromatic carbocycles. The normalized spacial score (nSPS) is 12.4. The Bertz CT molecular complexity index is 1670. The van der Waals surface area contributed by atoms with Gasteiger partial charge in [-0.1, -0.05) is 65.2 Å². The van der Waals surface area contributed by atoms with E-state index in [9.17, 15) is 30.0 Å². The Hall–Kier alpha value is -5.03. The van der Waals surface area contributed by atoms with E-state index in [1.54, 1.807) is 6.92 Å². The molecule has 0 spiro atoms. The lowest BCUT2D eigenvalue weighted by atomic mass is 10.1. The zero-order valence-electron chi connectivity index (χ0n) is 27.5. The second kappa shape index (κ2) is 18.8. The summed E-state index contributed by atoms with van der Waals surface area (Å²) in [6, 6.07) is 9.11. The van der Waals surface area contributed by atoms with Crippen LogP contribution in [0.5, 0.6) is 0 Å². The standard InChI is InChI=1S/C36H44N6O5/c1-4-6-8-10-12-18-42(19-13-11-9-7-5-2)27-14-15-28-25(3)29(36(46)47-33(28)21-27)24-40-31(22-37)32(23-38)41-34(43)30-20-26(35(44)45)16-17-39-30/h14-17,20-21,24,31-32H,4-13,18-19H2,1-3H3,(H,41,43)(H,44,45). The van der Waals surface area contributed by atoms with Gasteiger partial charge in [0.2, 0.25) is 0 Å². The first-order valence-corrected chi connectivity index (χ1v) is 16.4. The SMILES string of the molecule is CCCCCCCN(CCCCCCC)c1ccc2c(C)c(C=NC(C#N)C(C#N)NC(=O)c3cc(C(=O)O)ccn3)c(=O)oc2c1. The minimum Gasteiger partial charge on any atom is -0.478 e. The molecule has 1 amide bonds. The number of carboxylic acids is 1. The number of fused-ring (bicyclic) bond motifs is 1. The summed E-state index contributed by atoms with van der Waals surface area (Å²) in [7, 11) is 0. The van der Waals surface area contributed by atoms with Crippen molar-refractivity contribution in [1.29, 1.82) is 10.5 Å². The second-order valence-corrected chi connectivity index (χ2v) is 11.6. The highest BCUT2D eigenvalue weighted by Crippen LogP contribution is 2.26. The first kappa shape index (κ1) is 36.4. The number of rotatable bonds is 19. The van der Waals surface area contributed by atoms with E-state index in [2.05, 4.69) is 34.0 Å². The minimum atomic E-state index is -1.40. The Balaban J connectivity index is 1.81. The van der Waals surface area contributed by atoms with Crippen LogP contribution in [0.4, 0.5) is 5.69 Å². The molecular formula is C36H44N6O5. The third kappa shape index (κ3) is 10.5. The molecule has 0 saturated carbocycles. The zero-order valence-corrected chi connectivity index (χ0v) is 27.5. The van der Waals surface area contributed by atoms with Crippen LogP contribution in [0.1, 0.15) is 110 Å². The molecule has 0 bridgehead atoms. The number of nitrogens with zero attached hydrogens (tertiary/aromatic N) is 5. The molecule has 11 nitrogen and oxygen atoms in total. The fourth-order valence-corrected chi connectivity index (χ4v) is 5.32. The van der Waals surface area contributed by atoms with Gasteiger partial charge in [-0.15, -0.1) is 0 Å². The molecule has 11 heteroatoms. The molecule has 0 radical (unpaired) electrons. The highest BCUT2D eigenvalue weighted by atomic mass is 16.4. The van der Waals surface area contributed by atoms with Gasteiger partial charge in [-0.25, -0.2) is 9.59 Å². The largest absolute Gasteiger partial charge is 0.478 e. The van der Waals surface area contributed by atoms with Crippen molar-refractivity contribution in [3.63, 3.8) is 0 Å². The van der Waals surface area contributed by atoms with E-state index >= 15 is 0 Å². The monoisotopic (exact) mass is 640 g/mol. The average Bonchev–Trinajstić information content (AvgIpc) is 3.07. The first-order chi connectivity index (χ1) is 22.7. The Morgan fingerprint density at radius 1 is 1.00 bits per heavy atom. The van der Waals surface area contributed by atoms with Crippen molar-refractivity contribution in [3.8, 4) is 12.1 Å². The van der Waals surface area contributed by atoms with Gasteiger partial charge in [-0.2, -0.15) is 10.5 Å². The van der Waals surface area contributed by atoms with Crippen LogP contribution in [-0.4, -0.2) is 53.4 Å². The number of carbonyl (C=O) groups excluding carboxylic acids is 1. The topological polar surface area (TPSA) is 173 Å². The minimum absolute atomic E-state index is 0.132. The number of benzene rings is 1. The van der Waals surface area contributed by atoms with Crippen LogP contribution in [0.3, 0.4) is 0 Å². The molecule has 2 aromatic heterocycles. The number of pyridine rings is 1. The smallest absolute Gasteiger partial charge is 0.345 e. The van der Waals surface area contributed by atoms with Gasteiger partial charge in [0.25, 0.3) is 5.91 Å². The van der Waals surface area contributed by atoms with Crippen molar-refractivity contribution in [1.82, 2.24) is 10.3 Å². The quantitative estimate of drug-likeness (QED) is 0.0834. The molecule has 47 heavy (non-hydrogen) atoms. The molecule has 0 saturated heterocycles. The van der Waals surface area contributed by atoms with E-state index < -0.39 is 29.6 Å².